The number of benzene rings is 1. The van der Waals surface area contributed by atoms with Gasteiger partial charge in [-0.2, -0.15) is 0 Å². The fourth-order valence-electron chi connectivity index (χ4n) is 1.93. The number of rotatable bonds is 6. The van der Waals surface area contributed by atoms with Crippen molar-refractivity contribution in [2.75, 3.05) is 20.6 Å². The second-order valence-electron chi connectivity index (χ2n) is 5.44. The molecule has 19 heavy (non-hydrogen) atoms. The van der Waals surface area contributed by atoms with Gasteiger partial charge in [0.15, 0.2) is 0 Å². The molecule has 0 spiro atoms. The van der Waals surface area contributed by atoms with Crippen LogP contribution in [-0.2, 0) is 10.0 Å². The zero-order chi connectivity index (χ0) is 14.0. The molecule has 0 bridgehead atoms. The van der Waals surface area contributed by atoms with Crippen molar-refractivity contribution in [3.05, 3.63) is 29.8 Å². The Morgan fingerprint density at radius 2 is 1.84 bits per heavy atom. The van der Waals surface area contributed by atoms with E-state index in [-0.39, 0.29) is 0 Å². The van der Waals surface area contributed by atoms with Gasteiger partial charge in [0.25, 0.3) is 0 Å². The molecule has 0 heterocycles. The minimum Gasteiger partial charge on any atom is -0.313 e. The molecule has 1 aromatic carbocycles. The van der Waals surface area contributed by atoms with Gasteiger partial charge in [-0.25, -0.2) is 12.7 Å². The molecular weight excluding hydrogens is 260 g/mol. The number of hydrogen-bond donors (Lipinski definition) is 1. The molecule has 1 saturated carbocycles. The summed E-state index contributed by atoms with van der Waals surface area (Å²) in [5.74, 6) is 0.400. The fraction of sp³-hybridized carbons (Fsp3) is 0.571. The van der Waals surface area contributed by atoms with Gasteiger partial charge in [0.1, 0.15) is 0 Å². The number of hydrogen-bond acceptors (Lipinski definition) is 3. The van der Waals surface area contributed by atoms with E-state index in [2.05, 4.69) is 12.2 Å². The summed E-state index contributed by atoms with van der Waals surface area (Å²) in [6, 6.07) is 7.91. The second-order valence-corrected chi connectivity index (χ2v) is 7.59. The molecule has 1 aliphatic rings. The molecule has 1 aliphatic carbocycles. The van der Waals surface area contributed by atoms with Crippen LogP contribution in [0.5, 0.6) is 0 Å². The molecule has 1 aromatic rings. The molecule has 4 nitrogen and oxygen atoms in total. The Bertz CT molecular complexity index is 519. The van der Waals surface area contributed by atoms with E-state index >= 15 is 0 Å². The smallest absolute Gasteiger partial charge is 0.242 e. The molecular formula is C14H22N2O2S. The molecule has 0 amide bonds. The van der Waals surface area contributed by atoms with E-state index in [1.54, 1.807) is 26.2 Å². The molecule has 2 rings (SSSR count). The zero-order valence-electron chi connectivity index (χ0n) is 11.8. The lowest BCUT2D eigenvalue weighted by atomic mass is 10.0. The summed E-state index contributed by atoms with van der Waals surface area (Å²) >= 11 is 0. The van der Waals surface area contributed by atoms with E-state index in [1.165, 1.54) is 22.7 Å². The summed E-state index contributed by atoms with van der Waals surface area (Å²) in [5.41, 5.74) is 1.17. The average molecular weight is 282 g/mol. The molecule has 1 fully saturated rings. The molecule has 5 heteroatoms. The minimum atomic E-state index is -3.32. The lowest BCUT2D eigenvalue weighted by Crippen LogP contribution is -2.23. The third kappa shape index (κ3) is 3.55. The Morgan fingerprint density at radius 1 is 1.26 bits per heavy atom. The largest absolute Gasteiger partial charge is 0.313 e. The van der Waals surface area contributed by atoms with Gasteiger partial charge in [0.2, 0.25) is 10.0 Å². The maximum absolute atomic E-state index is 11.9. The van der Waals surface area contributed by atoms with Crippen LogP contribution in [0.15, 0.2) is 29.2 Å². The molecule has 0 radical (unpaired) electrons. The first-order chi connectivity index (χ1) is 8.91. The Labute approximate surface area is 115 Å². The van der Waals surface area contributed by atoms with Crippen LogP contribution in [0.2, 0.25) is 0 Å². The summed E-state index contributed by atoms with van der Waals surface area (Å²) in [7, 11) is -0.223. The molecule has 0 saturated heterocycles. The first kappa shape index (κ1) is 14.5. The van der Waals surface area contributed by atoms with Gasteiger partial charge in [-0.3, -0.25) is 0 Å². The van der Waals surface area contributed by atoms with Gasteiger partial charge >= 0.3 is 0 Å². The molecule has 0 aliphatic heterocycles. The Kier molecular flexibility index (Phi) is 4.28. The topological polar surface area (TPSA) is 49.4 Å². The van der Waals surface area contributed by atoms with Crippen LogP contribution < -0.4 is 5.32 Å². The third-order valence-electron chi connectivity index (χ3n) is 3.52. The van der Waals surface area contributed by atoms with Crippen LogP contribution in [0, 0.1) is 0 Å². The normalized spacial score (nSPS) is 17.7. The minimum absolute atomic E-state index is 0.351. The highest BCUT2D eigenvalue weighted by molar-refractivity contribution is 7.89. The quantitative estimate of drug-likeness (QED) is 0.865. The summed E-state index contributed by atoms with van der Waals surface area (Å²) < 4.78 is 25.1. The van der Waals surface area contributed by atoms with Crippen molar-refractivity contribution in [1.29, 1.82) is 0 Å². The highest BCUT2D eigenvalue weighted by Gasteiger charge is 2.21. The van der Waals surface area contributed by atoms with Gasteiger partial charge in [0.05, 0.1) is 4.90 Å². The lowest BCUT2D eigenvalue weighted by Gasteiger charge is -2.15. The van der Waals surface area contributed by atoms with Gasteiger partial charge < -0.3 is 5.32 Å². The summed E-state index contributed by atoms with van der Waals surface area (Å²) in [4.78, 5) is 0.351. The van der Waals surface area contributed by atoms with Crippen molar-refractivity contribution in [3.8, 4) is 0 Å². The molecule has 1 unspecified atom stereocenters. The predicted octanol–water partition coefficient (Wildman–Crippen LogP) is 1.79. The summed E-state index contributed by atoms with van der Waals surface area (Å²) in [6.07, 6.45) is 2.57. The first-order valence-electron chi connectivity index (χ1n) is 6.67. The predicted molar refractivity (Wildman–Crippen MR) is 76.8 cm³/mol. The standard InChI is InChI=1S/C14H22N2O2S/c1-11(10-15-13-6-7-13)12-4-8-14(9-5-12)19(17,18)16(2)3/h4-5,8-9,11,13,15H,6-7,10H2,1-3H3. The highest BCUT2D eigenvalue weighted by Crippen LogP contribution is 2.22. The Hall–Kier alpha value is -0.910. The SMILES string of the molecule is CC(CNC1CC1)c1ccc(S(=O)(=O)N(C)C)cc1. The van der Waals surface area contributed by atoms with Crippen molar-refractivity contribution < 1.29 is 8.42 Å². The fourth-order valence-corrected chi connectivity index (χ4v) is 2.83. The van der Waals surface area contributed by atoms with Gasteiger partial charge in [-0.05, 0) is 36.5 Å². The molecule has 106 valence electrons. The molecule has 0 aromatic heterocycles. The van der Waals surface area contributed by atoms with Crippen LogP contribution >= 0.6 is 0 Å². The Balaban J connectivity index is 2.04. The van der Waals surface area contributed by atoms with Crippen LogP contribution in [0.3, 0.4) is 0 Å². The number of nitrogens with zero attached hydrogens (tertiary/aromatic N) is 1. The van der Waals surface area contributed by atoms with E-state index < -0.39 is 10.0 Å². The summed E-state index contributed by atoms with van der Waals surface area (Å²) in [5, 5.41) is 3.49. The number of nitrogens with one attached hydrogen (secondary N) is 1. The maximum Gasteiger partial charge on any atom is 0.242 e. The highest BCUT2D eigenvalue weighted by atomic mass is 32.2. The first-order valence-corrected chi connectivity index (χ1v) is 8.11. The van der Waals surface area contributed by atoms with E-state index in [0.29, 0.717) is 16.9 Å². The lowest BCUT2D eigenvalue weighted by molar-refractivity contribution is 0.520. The van der Waals surface area contributed by atoms with E-state index in [4.69, 9.17) is 0 Å². The van der Waals surface area contributed by atoms with Crippen LogP contribution in [-0.4, -0.2) is 39.4 Å². The van der Waals surface area contributed by atoms with Crippen molar-refractivity contribution in [1.82, 2.24) is 9.62 Å². The number of sulfonamides is 1. The second kappa shape index (κ2) is 5.61. The van der Waals surface area contributed by atoms with E-state index in [9.17, 15) is 8.42 Å². The van der Waals surface area contributed by atoms with E-state index in [1.807, 2.05) is 12.1 Å². The maximum atomic E-state index is 11.9. The van der Waals surface area contributed by atoms with Crippen molar-refractivity contribution >= 4 is 10.0 Å². The van der Waals surface area contributed by atoms with Crippen LogP contribution in [0.25, 0.3) is 0 Å². The van der Waals surface area contributed by atoms with Crippen molar-refractivity contribution in [2.45, 2.75) is 36.6 Å². The van der Waals surface area contributed by atoms with Gasteiger partial charge in [0, 0.05) is 26.7 Å². The zero-order valence-corrected chi connectivity index (χ0v) is 12.6. The third-order valence-corrected chi connectivity index (χ3v) is 5.35. The summed E-state index contributed by atoms with van der Waals surface area (Å²) in [6.45, 7) is 3.11. The van der Waals surface area contributed by atoms with Crippen molar-refractivity contribution in [2.24, 2.45) is 0 Å². The molecule has 1 N–H and O–H groups in total. The van der Waals surface area contributed by atoms with Crippen LogP contribution in [0.4, 0.5) is 0 Å². The van der Waals surface area contributed by atoms with Gasteiger partial charge in [-0.1, -0.05) is 19.1 Å². The Morgan fingerprint density at radius 3 is 2.32 bits per heavy atom. The average Bonchev–Trinajstić information content (AvgIpc) is 3.20. The van der Waals surface area contributed by atoms with Gasteiger partial charge in [-0.15, -0.1) is 0 Å². The molecule has 1 atom stereocenters. The van der Waals surface area contributed by atoms with E-state index in [0.717, 1.165) is 6.54 Å². The van der Waals surface area contributed by atoms with Crippen molar-refractivity contribution in [3.63, 3.8) is 0 Å². The van der Waals surface area contributed by atoms with Crippen LogP contribution in [0.1, 0.15) is 31.2 Å². The monoisotopic (exact) mass is 282 g/mol.